The molecule has 0 saturated heterocycles. The molecular formula is C10H15BrN4O. The van der Waals surface area contributed by atoms with E-state index in [0.29, 0.717) is 11.2 Å². The Balaban J connectivity index is 3.08. The molecule has 0 bridgehead atoms. The zero-order valence-electron chi connectivity index (χ0n) is 9.27. The first-order valence-corrected chi connectivity index (χ1v) is 5.76. The number of nitrogens with zero attached hydrogens (tertiary/aromatic N) is 2. The number of rotatable bonds is 4. The van der Waals surface area contributed by atoms with E-state index >= 15 is 0 Å². The number of methoxy groups -OCH3 is 1. The summed E-state index contributed by atoms with van der Waals surface area (Å²) in [6.07, 6.45) is 0. The van der Waals surface area contributed by atoms with Crippen LogP contribution in [0.5, 0.6) is 5.75 Å². The van der Waals surface area contributed by atoms with Crippen molar-refractivity contribution in [1.82, 2.24) is 5.12 Å². The maximum absolute atomic E-state index is 5.78. The minimum atomic E-state index is 0.370. The van der Waals surface area contributed by atoms with E-state index in [2.05, 4.69) is 21.0 Å². The minimum absolute atomic E-state index is 0.370. The molecule has 1 rings (SSSR count). The number of amidine groups is 1. The predicted octanol–water partition coefficient (Wildman–Crippen LogP) is 1.02. The van der Waals surface area contributed by atoms with Crippen LogP contribution in [-0.2, 0) is 5.33 Å². The fourth-order valence-corrected chi connectivity index (χ4v) is 1.71. The summed E-state index contributed by atoms with van der Waals surface area (Å²) in [7, 11) is 3.24. The van der Waals surface area contributed by atoms with E-state index in [0.717, 1.165) is 16.9 Å². The number of hydrogen-bond donors (Lipinski definition) is 2. The van der Waals surface area contributed by atoms with Crippen molar-refractivity contribution in [2.75, 3.05) is 14.2 Å². The van der Waals surface area contributed by atoms with E-state index in [4.69, 9.17) is 16.3 Å². The second-order valence-electron chi connectivity index (χ2n) is 3.22. The lowest BCUT2D eigenvalue weighted by molar-refractivity contribution is 0.371. The highest BCUT2D eigenvalue weighted by atomic mass is 79.9. The topological polar surface area (TPSA) is 76.9 Å². The van der Waals surface area contributed by atoms with Crippen LogP contribution in [0.25, 0.3) is 0 Å². The lowest BCUT2D eigenvalue weighted by Crippen LogP contribution is -2.25. The molecule has 0 fully saturated rings. The maximum atomic E-state index is 5.78. The summed E-state index contributed by atoms with van der Waals surface area (Å²) in [5.41, 5.74) is 7.61. The summed E-state index contributed by atoms with van der Waals surface area (Å²) in [4.78, 5) is 0. The van der Waals surface area contributed by atoms with E-state index in [1.165, 1.54) is 5.12 Å². The molecule has 0 aliphatic rings. The van der Waals surface area contributed by atoms with Crippen molar-refractivity contribution >= 4 is 21.8 Å². The minimum Gasteiger partial charge on any atom is -0.496 e. The lowest BCUT2D eigenvalue weighted by atomic mass is 10.1. The first-order chi connectivity index (χ1) is 7.58. The SMILES string of the molecule is COc1ccc(/C(N)=N/N(C)N)cc1CBr. The van der Waals surface area contributed by atoms with Crippen LogP contribution < -0.4 is 16.3 Å². The van der Waals surface area contributed by atoms with Gasteiger partial charge in [-0.25, -0.2) is 11.0 Å². The van der Waals surface area contributed by atoms with Gasteiger partial charge in [0.2, 0.25) is 0 Å². The molecule has 0 saturated carbocycles. The summed E-state index contributed by atoms with van der Waals surface area (Å²) in [5, 5.41) is 5.79. The standard InChI is InChI=1S/C10H15BrN4O/c1-15(13)14-10(12)7-3-4-9(16-2)8(5-7)6-11/h3-5H,6,13H2,1-2H3,(H2,12,14). The molecule has 0 aliphatic heterocycles. The number of benzene rings is 1. The summed E-state index contributed by atoms with van der Waals surface area (Å²) < 4.78 is 5.21. The summed E-state index contributed by atoms with van der Waals surface area (Å²) in [5.74, 6) is 6.57. The summed E-state index contributed by atoms with van der Waals surface area (Å²) in [6, 6.07) is 5.61. The molecular weight excluding hydrogens is 272 g/mol. The van der Waals surface area contributed by atoms with Gasteiger partial charge in [0.05, 0.1) is 7.11 Å². The Labute approximate surface area is 103 Å². The number of alkyl halides is 1. The number of hydrazine groups is 1. The molecule has 0 atom stereocenters. The molecule has 1 aromatic carbocycles. The lowest BCUT2D eigenvalue weighted by Gasteiger charge is -2.10. The molecule has 1 aromatic rings. The molecule has 6 heteroatoms. The van der Waals surface area contributed by atoms with Crippen LogP contribution in [0.2, 0.25) is 0 Å². The Morgan fingerprint density at radius 1 is 1.56 bits per heavy atom. The highest BCUT2D eigenvalue weighted by Crippen LogP contribution is 2.22. The van der Waals surface area contributed by atoms with Crippen molar-refractivity contribution in [3.05, 3.63) is 29.3 Å². The van der Waals surface area contributed by atoms with Crippen LogP contribution in [-0.4, -0.2) is 25.1 Å². The fourth-order valence-electron chi connectivity index (χ4n) is 1.27. The van der Waals surface area contributed by atoms with Gasteiger partial charge in [-0.2, -0.15) is 0 Å². The molecule has 0 aromatic heterocycles. The van der Waals surface area contributed by atoms with Gasteiger partial charge in [0.15, 0.2) is 5.84 Å². The highest BCUT2D eigenvalue weighted by molar-refractivity contribution is 9.08. The van der Waals surface area contributed by atoms with Gasteiger partial charge in [0.25, 0.3) is 0 Å². The molecule has 0 heterocycles. The third kappa shape index (κ3) is 3.11. The molecule has 16 heavy (non-hydrogen) atoms. The Bertz CT molecular complexity index is 392. The first-order valence-electron chi connectivity index (χ1n) is 4.64. The van der Waals surface area contributed by atoms with Crippen LogP contribution in [0.4, 0.5) is 0 Å². The van der Waals surface area contributed by atoms with Gasteiger partial charge in [-0.1, -0.05) is 15.9 Å². The zero-order chi connectivity index (χ0) is 12.1. The summed E-state index contributed by atoms with van der Waals surface area (Å²) >= 11 is 3.39. The van der Waals surface area contributed by atoms with Gasteiger partial charge < -0.3 is 10.5 Å². The van der Waals surface area contributed by atoms with E-state index in [1.54, 1.807) is 14.2 Å². The first kappa shape index (κ1) is 12.8. The third-order valence-electron chi connectivity index (χ3n) is 1.99. The number of halogens is 1. The predicted molar refractivity (Wildman–Crippen MR) is 68.3 cm³/mol. The van der Waals surface area contributed by atoms with Gasteiger partial charge in [-0.15, -0.1) is 5.10 Å². The van der Waals surface area contributed by atoms with Crippen molar-refractivity contribution in [3.63, 3.8) is 0 Å². The second-order valence-corrected chi connectivity index (χ2v) is 3.78. The van der Waals surface area contributed by atoms with Gasteiger partial charge in [0.1, 0.15) is 5.75 Å². The van der Waals surface area contributed by atoms with Gasteiger partial charge in [0, 0.05) is 23.5 Å². The average Bonchev–Trinajstić information content (AvgIpc) is 2.27. The molecule has 0 unspecified atom stereocenters. The number of nitrogens with two attached hydrogens (primary N) is 2. The van der Waals surface area contributed by atoms with Crippen LogP contribution in [0.15, 0.2) is 23.3 Å². The average molecular weight is 287 g/mol. The summed E-state index contributed by atoms with van der Waals surface area (Å²) in [6.45, 7) is 0. The van der Waals surface area contributed by atoms with Gasteiger partial charge >= 0.3 is 0 Å². The quantitative estimate of drug-likeness (QED) is 0.285. The monoisotopic (exact) mass is 286 g/mol. The Hall–Kier alpha value is -1.27. The van der Waals surface area contributed by atoms with Crippen molar-refractivity contribution < 1.29 is 4.74 Å². The molecule has 0 amide bonds. The number of hydrogen-bond acceptors (Lipinski definition) is 4. The number of hydrazone groups is 1. The fraction of sp³-hybridized carbons (Fsp3) is 0.300. The molecule has 0 radical (unpaired) electrons. The van der Waals surface area contributed by atoms with Crippen molar-refractivity contribution in [1.29, 1.82) is 0 Å². The molecule has 4 N–H and O–H groups in total. The highest BCUT2D eigenvalue weighted by Gasteiger charge is 2.06. The van der Waals surface area contributed by atoms with Crippen molar-refractivity contribution in [3.8, 4) is 5.75 Å². The second kappa shape index (κ2) is 5.72. The number of ether oxygens (including phenoxy) is 1. The largest absolute Gasteiger partial charge is 0.496 e. The zero-order valence-corrected chi connectivity index (χ0v) is 10.9. The van der Waals surface area contributed by atoms with Crippen LogP contribution in [0, 0.1) is 0 Å². The van der Waals surface area contributed by atoms with Crippen molar-refractivity contribution in [2.24, 2.45) is 16.7 Å². The van der Waals surface area contributed by atoms with Gasteiger partial charge in [-0.3, -0.25) is 0 Å². The molecule has 5 nitrogen and oxygen atoms in total. The maximum Gasteiger partial charge on any atom is 0.152 e. The van der Waals surface area contributed by atoms with Crippen LogP contribution >= 0.6 is 15.9 Å². The molecule has 88 valence electrons. The van der Waals surface area contributed by atoms with Crippen LogP contribution in [0.1, 0.15) is 11.1 Å². The Morgan fingerprint density at radius 2 is 2.25 bits per heavy atom. The molecule has 0 spiro atoms. The van der Waals surface area contributed by atoms with E-state index in [1.807, 2.05) is 18.2 Å². The molecule has 0 aliphatic carbocycles. The van der Waals surface area contributed by atoms with E-state index in [9.17, 15) is 0 Å². The Morgan fingerprint density at radius 3 is 2.75 bits per heavy atom. The van der Waals surface area contributed by atoms with Crippen LogP contribution in [0.3, 0.4) is 0 Å². The Kier molecular flexibility index (Phi) is 4.57. The smallest absolute Gasteiger partial charge is 0.152 e. The van der Waals surface area contributed by atoms with Gasteiger partial charge in [-0.05, 0) is 18.2 Å². The van der Waals surface area contributed by atoms with E-state index < -0.39 is 0 Å². The third-order valence-corrected chi connectivity index (χ3v) is 2.59. The normalized spacial score (nSPS) is 11.4. The van der Waals surface area contributed by atoms with E-state index in [-0.39, 0.29) is 0 Å². The van der Waals surface area contributed by atoms with Crippen molar-refractivity contribution in [2.45, 2.75) is 5.33 Å².